The van der Waals surface area contributed by atoms with Crippen LogP contribution in [0.25, 0.3) is 10.8 Å². The molecule has 0 aliphatic rings. The van der Waals surface area contributed by atoms with E-state index >= 15 is 0 Å². The number of carbonyl (C=O) groups is 1. The lowest BCUT2D eigenvalue weighted by Gasteiger charge is -2.22. The van der Waals surface area contributed by atoms with Gasteiger partial charge in [0.15, 0.2) is 15.6 Å². The second-order valence-electron chi connectivity index (χ2n) is 15.6. The molecule has 0 spiro atoms. The van der Waals surface area contributed by atoms with Crippen LogP contribution in [0.5, 0.6) is 11.5 Å². The van der Waals surface area contributed by atoms with Crippen LogP contribution in [0, 0.1) is 0 Å². The van der Waals surface area contributed by atoms with Crippen LogP contribution in [0.1, 0.15) is 13.8 Å². The highest BCUT2D eigenvalue weighted by Gasteiger charge is 2.29. The molecule has 6 aromatic rings. The van der Waals surface area contributed by atoms with Gasteiger partial charge in [-0.05, 0) is 91.2 Å². The van der Waals surface area contributed by atoms with Gasteiger partial charge in [0, 0.05) is 30.6 Å². The van der Waals surface area contributed by atoms with Gasteiger partial charge in [-0.2, -0.15) is 48.6 Å². The molecule has 6 rings (SSSR count). The minimum atomic E-state index is -5.41. The minimum Gasteiger partial charge on any atom is -0.505 e. The van der Waals surface area contributed by atoms with Gasteiger partial charge in [-0.25, -0.2) is 26.3 Å². The molecule has 8 N–H and O–H groups in total. The normalized spacial score (nSPS) is 12.7. The number of carbonyl (C=O) groups excluding carboxylic acids is 1. The molecule has 0 bridgehead atoms. The van der Waals surface area contributed by atoms with Crippen LogP contribution < -0.4 is 20.3 Å². The van der Waals surface area contributed by atoms with Crippen molar-refractivity contribution < 1.29 is 106 Å². The van der Waals surface area contributed by atoms with E-state index in [1.54, 1.807) is 6.92 Å². The van der Waals surface area contributed by atoms with Crippen LogP contribution >= 0.6 is 23.6 Å². The number of anilines is 5. The minimum absolute atomic E-state index is 0.0130. The molecule has 0 atom stereocenters. The van der Waals surface area contributed by atoms with Crippen molar-refractivity contribution in [3.8, 4) is 11.5 Å². The maximum Gasteiger partial charge on any atom is 0.447 e. The zero-order valence-corrected chi connectivity index (χ0v) is 47.6. The molecule has 0 fully saturated rings. The molecule has 0 radical (unpaired) electrons. The van der Waals surface area contributed by atoms with Crippen LogP contribution in [0.15, 0.2) is 129 Å². The van der Waals surface area contributed by atoms with E-state index < -0.39 is 133 Å². The van der Waals surface area contributed by atoms with E-state index in [-0.39, 0.29) is 73.6 Å². The van der Waals surface area contributed by atoms with Crippen molar-refractivity contribution in [1.82, 2.24) is 15.0 Å². The number of benzene rings is 5. The molecular formula is C40H37ClN10O24S7. The number of hydrogen-bond donors (Lipinski definition) is 8. The molecule has 0 aliphatic heterocycles. The third kappa shape index (κ3) is 16.1. The molecule has 1 heterocycles. The lowest BCUT2D eigenvalue weighted by Crippen LogP contribution is -2.21. The number of ether oxygens (including phenoxy) is 1. The maximum absolute atomic E-state index is 13.1. The Balaban J connectivity index is 1.45. The summed E-state index contributed by atoms with van der Waals surface area (Å²) in [4.78, 5) is 22.7. The number of amides is 1. The number of rotatable bonds is 25. The fraction of sp³-hybridized carbons (Fsp3) is 0.150. The molecule has 0 saturated carbocycles. The van der Waals surface area contributed by atoms with Crippen molar-refractivity contribution in [1.29, 1.82) is 0 Å². The molecule has 0 unspecified atom stereocenters. The third-order valence-electron chi connectivity index (χ3n) is 10.2. The average Bonchev–Trinajstić information content (AvgIpc) is 3.34. The average molecular weight is 1300 g/mol. The summed E-state index contributed by atoms with van der Waals surface area (Å²) in [6.45, 7) is 4.65. The number of nitrogens with zero attached hydrogens (tertiary/aromatic N) is 8. The first-order chi connectivity index (χ1) is 38.0. The molecule has 1 amide bonds. The number of aromatic hydroxyl groups is 1. The SMILES string of the molecule is C=C(OS(=O)(=O)O)S(=O)(=O)c1ccc(N=Nc2cc(OC)c(N=Nc3c(SOOO)cc4cc(S(=O)(=O)O)cc(Nc5nc(Cl)nc(N(CC)c6cccc(S(=O)(=O)CCOS(=O)(=O)O)c6)n5)c4c3O)cc2NC(C)=O)c(S(=O)(=O)O)c1. The fourth-order valence-electron chi connectivity index (χ4n) is 6.84. The van der Waals surface area contributed by atoms with Crippen molar-refractivity contribution in [2.24, 2.45) is 20.5 Å². The number of sulfone groups is 2. The van der Waals surface area contributed by atoms with E-state index in [2.05, 4.69) is 70.4 Å². The largest absolute Gasteiger partial charge is 0.505 e. The first kappa shape index (κ1) is 64.0. The number of phenolic OH excluding ortho intramolecular Hbond substituents is 1. The Bertz CT molecular complexity index is 4330. The van der Waals surface area contributed by atoms with Crippen molar-refractivity contribution in [3.05, 3.63) is 89.8 Å². The summed E-state index contributed by atoms with van der Waals surface area (Å²) in [5, 5.41) is 43.3. The van der Waals surface area contributed by atoms with E-state index in [1.165, 1.54) is 29.2 Å². The van der Waals surface area contributed by atoms with Crippen LogP contribution in [0.4, 0.5) is 51.7 Å². The summed E-state index contributed by atoms with van der Waals surface area (Å²) in [6, 6.07) is 11.8. The highest BCUT2D eigenvalue weighted by atomic mass is 35.5. The highest BCUT2D eigenvalue weighted by molar-refractivity contribution is 7.96. The van der Waals surface area contributed by atoms with Crippen molar-refractivity contribution in [2.45, 2.75) is 38.3 Å². The summed E-state index contributed by atoms with van der Waals surface area (Å²) < 4.78 is 202. The van der Waals surface area contributed by atoms with E-state index in [0.29, 0.717) is 18.2 Å². The smallest absolute Gasteiger partial charge is 0.447 e. The van der Waals surface area contributed by atoms with Gasteiger partial charge in [0.25, 0.3) is 20.2 Å². The number of aromatic nitrogens is 3. The monoisotopic (exact) mass is 1300 g/mol. The van der Waals surface area contributed by atoms with Gasteiger partial charge in [-0.3, -0.25) is 23.0 Å². The van der Waals surface area contributed by atoms with E-state index in [1.807, 2.05) is 0 Å². The van der Waals surface area contributed by atoms with Gasteiger partial charge in [0.2, 0.25) is 38.0 Å². The molecule has 42 heteroatoms. The van der Waals surface area contributed by atoms with Gasteiger partial charge < -0.3 is 29.6 Å². The number of fused-ring (bicyclic) bond motifs is 1. The summed E-state index contributed by atoms with van der Waals surface area (Å²) in [5.74, 6) is -3.45. The predicted molar refractivity (Wildman–Crippen MR) is 284 cm³/mol. The Morgan fingerprint density at radius 3 is 2.06 bits per heavy atom. The topological polar surface area (TPSA) is 505 Å². The summed E-state index contributed by atoms with van der Waals surface area (Å²) >= 11 is 6.52. The number of azo groups is 2. The van der Waals surface area contributed by atoms with Crippen molar-refractivity contribution in [2.75, 3.05) is 41.5 Å². The number of nitrogens with one attached hydrogen (secondary N) is 2. The lowest BCUT2D eigenvalue weighted by atomic mass is 10.1. The maximum atomic E-state index is 13.1. The number of hydrogen-bond acceptors (Lipinski definition) is 30. The van der Waals surface area contributed by atoms with Gasteiger partial charge >= 0.3 is 20.8 Å². The van der Waals surface area contributed by atoms with E-state index in [4.69, 9.17) is 30.7 Å². The molecular weight excluding hydrogens is 1260 g/mol. The summed E-state index contributed by atoms with van der Waals surface area (Å²) in [6.07, 6.45) is 0. The predicted octanol–water partition coefficient (Wildman–Crippen LogP) is 6.66. The van der Waals surface area contributed by atoms with E-state index in [0.717, 1.165) is 44.4 Å². The molecule has 0 saturated heterocycles. The Kier molecular flexibility index (Phi) is 19.6. The Morgan fingerprint density at radius 1 is 0.768 bits per heavy atom. The van der Waals surface area contributed by atoms with Gasteiger partial charge in [0.1, 0.15) is 33.4 Å². The van der Waals surface area contributed by atoms with Gasteiger partial charge in [-0.1, -0.05) is 11.1 Å². The Hall–Kier alpha value is -7.20. The van der Waals surface area contributed by atoms with Crippen molar-refractivity contribution in [3.63, 3.8) is 0 Å². The Labute approximate surface area is 472 Å². The third-order valence-corrected chi connectivity index (χ3v) is 16.9. The molecule has 82 heavy (non-hydrogen) atoms. The standard InChI is InChI=1S/C40H37ClN10O24S7/c1-5-51(23-7-6-8-24(15-23)77(55,56)12-11-72-81(65,66)67)40-45-38(41)44-39(46-40)43-31-16-26(79(59,60)61)13-22-14-33(76-75-74-54)36(37(53)35(22)31)50-49-30-18-28(42-20(2)52)29(19-32(30)71-4)48-47-27-10-9-25(17-34(27)80(62,63)64)78(57,58)21(3)73-82(68,69)70/h6-10,13-19,53-54H,3,5,11-12H2,1-2,4H3,(H,42,52)(H,59,60,61)(H,62,63,64)(H,65,66,67)(H,68,69,70)(H,43,44,45,46). The highest BCUT2D eigenvalue weighted by Crippen LogP contribution is 2.49. The van der Waals surface area contributed by atoms with Gasteiger partial charge in [-0.15, -0.1) is 24.8 Å². The molecule has 440 valence electrons. The van der Waals surface area contributed by atoms with Crippen LogP contribution in [-0.2, 0) is 83.2 Å². The van der Waals surface area contributed by atoms with E-state index in [9.17, 15) is 69.5 Å². The zero-order valence-electron chi connectivity index (χ0n) is 41.1. The fourth-order valence-corrected chi connectivity index (χ4v) is 11.9. The second-order valence-corrected chi connectivity index (χ2v) is 25.7. The molecule has 1 aromatic heterocycles. The van der Waals surface area contributed by atoms with Crippen LogP contribution in [0.3, 0.4) is 0 Å². The summed E-state index contributed by atoms with van der Waals surface area (Å²) in [7, 11) is -29.0. The van der Waals surface area contributed by atoms with Gasteiger partial charge in [0.05, 0.1) is 62.5 Å². The first-order valence-electron chi connectivity index (χ1n) is 21.5. The molecule has 34 nitrogen and oxygen atoms in total. The van der Waals surface area contributed by atoms with Crippen LogP contribution in [0.2, 0.25) is 5.28 Å². The number of halogens is 1. The Morgan fingerprint density at radius 2 is 1.45 bits per heavy atom. The molecule has 5 aromatic carbocycles. The number of phenols is 1. The number of methoxy groups -OCH3 is 1. The summed E-state index contributed by atoms with van der Waals surface area (Å²) in [5.41, 5.74) is -2.45. The quantitative estimate of drug-likeness (QED) is 0.00741. The second kappa shape index (κ2) is 25.1. The zero-order chi connectivity index (χ0) is 60.9. The molecule has 0 aliphatic carbocycles. The first-order valence-corrected chi connectivity index (χ1v) is 31.3. The van der Waals surface area contributed by atoms with Crippen molar-refractivity contribution >= 4 is 153 Å². The van der Waals surface area contributed by atoms with Crippen LogP contribution in [-0.4, -0.2) is 126 Å². The lowest BCUT2D eigenvalue weighted by molar-refractivity contribution is -0.432.